The molecule has 0 heterocycles. The fraction of sp³-hybridized carbons (Fsp3) is 1.00. The van der Waals surface area contributed by atoms with E-state index in [4.69, 9.17) is 9.11 Å². The van der Waals surface area contributed by atoms with E-state index in [0.717, 1.165) is 0 Å². The smallest absolute Gasteiger partial charge is 1.00 e. The average molecular weight is 303 g/mol. The summed E-state index contributed by atoms with van der Waals surface area (Å²) < 4.78 is 39.7. The summed E-state index contributed by atoms with van der Waals surface area (Å²) in [6.07, 6.45) is 0. The van der Waals surface area contributed by atoms with Crippen LogP contribution in [0.3, 0.4) is 0 Å². The molecule has 0 fully saturated rings. The van der Waals surface area contributed by atoms with Gasteiger partial charge in [-0.25, -0.2) is 8.42 Å². The SMILES string of the molecule is CN(C)C(CS(=O)(O)=S)CS(=O)(O)=S.[H-].[Na+]. The molecule has 0 aliphatic heterocycles. The zero-order valence-corrected chi connectivity index (χ0v) is 14.0. The van der Waals surface area contributed by atoms with Crippen LogP contribution in [0, 0.1) is 0 Å². The molecule has 2 atom stereocenters. The Labute approximate surface area is 124 Å². The van der Waals surface area contributed by atoms with Gasteiger partial charge in [-0.05, 0) is 14.1 Å². The van der Waals surface area contributed by atoms with Gasteiger partial charge in [0.15, 0.2) is 0 Å². The topological polar surface area (TPSA) is 77.8 Å². The van der Waals surface area contributed by atoms with E-state index in [1.165, 1.54) is 0 Å². The molecular weight excluding hydrogens is 289 g/mol. The van der Waals surface area contributed by atoms with Crippen LogP contribution in [-0.2, 0) is 39.9 Å². The summed E-state index contributed by atoms with van der Waals surface area (Å²) in [5, 5.41) is 0. The van der Waals surface area contributed by atoms with Crippen LogP contribution in [0.25, 0.3) is 0 Å². The van der Waals surface area contributed by atoms with Crippen molar-refractivity contribution in [1.29, 1.82) is 0 Å². The van der Waals surface area contributed by atoms with Crippen molar-refractivity contribution in [2.45, 2.75) is 6.04 Å². The molecule has 10 heteroatoms. The molecule has 0 saturated heterocycles. The number of hydrogen-bond donors (Lipinski definition) is 2. The molecule has 0 aliphatic rings. The Morgan fingerprint density at radius 1 is 1.20 bits per heavy atom. The van der Waals surface area contributed by atoms with Gasteiger partial charge in [0.05, 0.1) is 11.5 Å². The maximum Gasteiger partial charge on any atom is 1.00 e. The van der Waals surface area contributed by atoms with Gasteiger partial charge >= 0.3 is 29.6 Å². The van der Waals surface area contributed by atoms with Crippen molar-refractivity contribution < 1.29 is 48.5 Å². The molecule has 0 saturated carbocycles. The van der Waals surface area contributed by atoms with Gasteiger partial charge < -0.3 is 15.4 Å². The van der Waals surface area contributed by atoms with Crippen LogP contribution in [-0.4, -0.2) is 54.1 Å². The molecular formula is C5H14NNaO4S4. The van der Waals surface area contributed by atoms with Crippen molar-refractivity contribution in [2.24, 2.45) is 0 Å². The van der Waals surface area contributed by atoms with Crippen LogP contribution in [0.2, 0.25) is 0 Å². The maximum atomic E-state index is 10.9. The second-order valence-electron chi connectivity index (χ2n) is 3.11. The summed E-state index contributed by atoms with van der Waals surface area (Å²) in [6.45, 7) is 0. The van der Waals surface area contributed by atoms with Crippen LogP contribution >= 0.6 is 0 Å². The van der Waals surface area contributed by atoms with Crippen molar-refractivity contribution in [2.75, 3.05) is 25.6 Å². The molecule has 2 unspecified atom stereocenters. The van der Waals surface area contributed by atoms with E-state index in [-0.39, 0.29) is 42.5 Å². The van der Waals surface area contributed by atoms with E-state index in [1.807, 2.05) is 0 Å². The van der Waals surface area contributed by atoms with Gasteiger partial charge in [-0.1, -0.05) is 0 Å². The Kier molecular flexibility index (Phi) is 9.03. The summed E-state index contributed by atoms with van der Waals surface area (Å²) in [4.78, 5) is 1.56. The summed E-state index contributed by atoms with van der Waals surface area (Å²) in [7, 11) is -3.40. The van der Waals surface area contributed by atoms with Crippen LogP contribution in [0.4, 0.5) is 0 Å². The molecule has 2 N–H and O–H groups in total. The molecule has 0 spiro atoms. The molecule has 88 valence electrons. The predicted octanol–water partition coefficient (Wildman–Crippen LogP) is -3.53. The van der Waals surface area contributed by atoms with Crippen LogP contribution < -0.4 is 29.6 Å². The Bertz CT molecular complexity index is 347. The summed E-state index contributed by atoms with van der Waals surface area (Å²) in [6, 6.07) is -0.556. The van der Waals surface area contributed by atoms with Gasteiger partial charge in [-0.3, -0.25) is 0 Å². The number of hydrogen-bond acceptors (Lipinski definition) is 5. The quantitative estimate of drug-likeness (QED) is 0.510. The molecule has 0 radical (unpaired) electrons. The van der Waals surface area contributed by atoms with Crippen molar-refractivity contribution in [1.82, 2.24) is 4.90 Å². The molecule has 0 aromatic carbocycles. The fourth-order valence-corrected chi connectivity index (χ4v) is 3.73. The monoisotopic (exact) mass is 303 g/mol. The van der Waals surface area contributed by atoms with Crippen LogP contribution in [0.5, 0.6) is 0 Å². The van der Waals surface area contributed by atoms with E-state index in [0.29, 0.717) is 0 Å². The minimum atomic E-state index is -3.33. The minimum Gasteiger partial charge on any atom is -1.00 e. The standard InChI is InChI=1S/C5H13NO4S4.Na.H/c1-6(2)5(3-13(7,8)11)4-14(9,10)12;;/h5H,3-4H2,1-2H3,(H,7,8,11)(H,9,10,12);;/q;+1;-1. The third-order valence-electron chi connectivity index (χ3n) is 1.54. The molecule has 0 aromatic rings. The molecule has 0 aromatic heterocycles. The van der Waals surface area contributed by atoms with Gasteiger partial charge in [0.25, 0.3) is 0 Å². The van der Waals surface area contributed by atoms with E-state index >= 15 is 0 Å². The Hall–Kier alpha value is 1.62. The summed E-state index contributed by atoms with van der Waals surface area (Å²) in [5.41, 5.74) is 0. The van der Waals surface area contributed by atoms with E-state index in [1.54, 1.807) is 19.0 Å². The zero-order chi connectivity index (χ0) is 11.6. The second-order valence-corrected chi connectivity index (χ2v) is 9.23. The maximum absolute atomic E-state index is 10.9. The molecule has 0 bridgehead atoms. The van der Waals surface area contributed by atoms with Crippen molar-refractivity contribution >= 4 is 39.9 Å². The Balaban J connectivity index is -0.000000845. The first kappa shape index (κ1) is 19.0. The molecule has 15 heavy (non-hydrogen) atoms. The summed E-state index contributed by atoms with van der Waals surface area (Å²) >= 11 is 8.64. The van der Waals surface area contributed by atoms with Crippen molar-refractivity contribution in [3.8, 4) is 0 Å². The number of rotatable bonds is 5. The fourth-order valence-electron chi connectivity index (χ4n) is 0.832. The normalized spacial score (nSPS) is 21.1. The first-order valence-corrected chi connectivity index (χ1v) is 8.80. The Morgan fingerprint density at radius 2 is 1.47 bits per heavy atom. The first-order chi connectivity index (χ1) is 6.01. The predicted molar refractivity (Wildman–Crippen MR) is 64.6 cm³/mol. The van der Waals surface area contributed by atoms with Crippen molar-refractivity contribution in [3.63, 3.8) is 0 Å². The Morgan fingerprint density at radius 3 is 1.60 bits per heavy atom. The first-order valence-electron chi connectivity index (χ1n) is 3.58. The summed E-state index contributed by atoms with van der Waals surface area (Å²) in [5.74, 6) is -0.465. The number of nitrogens with zero attached hydrogens (tertiary/aromatic N) is 1. The largest absolute Gasteiger partial charge is 1.00 e. The van der Waals surface area contributed by atoms with E-state index in [2.05, 4.69) is 22.4 Å². The van der Waals surface area contributed by atoms with E-state index in [9.17, 15) is 8.42 Å². The van der Waals surface area contributed by atoms with E-state index < -0.39 is 23.6 Å². The van der Waals surface area contributed by atoms with Gasteiger partial charge in [0, 0.05) is 28.4 Å². The molecule has 5 nitrogen and oxygen atoms in total. The van der Waals surface area contributed by atoms with Gasteiger partial charge in [-0.2, -0.15) is 0 Å². The molecule has 0 aliphatic carbocycles. The van der Waals surface area contributed by atoms with Gasteiger partial charge in [0.2, 0.25) is 0 Å². The van der Waals surface area contributed by atoms with Gasteiger partial charge in [0.1, 0.15) is 17.5 Å². The van der Waals surface area contributed by atoms with Crippen molar-refractivity contribution in [3.05, 3.63) is 0 Å². The molecule has 0 rings (SSSR count). The van der Waals surface area contributed by atoms with Gasteiger partial charge in [-0.15, -0.1) is 0 Å². The second kappa shape index (κ2) is 7.14. The zero-order valence-electron chi connectivity index (χ0n) is 9.78. The van der Waals surface area contributed by atoms with Crippen LogP contribution in [0.1, 0.15) is 1.43 Å². The minimum absolute atomic E-state index is 0. The third-order valence-corrected chi connectivity index (χ3v) is 3.96. The average Bonchev–Trinajstić information content (AvgIpc) is 1.78. The van der Waals surface area contributed by atoms with Crippen LogP contribution in [0.15, 0.2) is 0 Å². The molecule has 0 amide bonds. The third kappa shape index (κ3) is 11.9.